The number of rotatable bonds is 2. The Morgan fingerprint density at radius 2 is 2.10 bits per heavy atom. The third-order valence-electron chi connectivity index (χ3n) is 5.90. The van der Waals surface area contributed by atoms with Crippen LogP contribution in [0.15, 0.2) is 27.6 Å². The summed E-state index contributed by atoms with van der Waals surface area (Å²) in [6.45, 7) is 6.78. The van der Waals surface area contributed by atoms with E-state index in [2.05, 4.69) is 20.8 Å². The fourth-order valence-corrected chi connectivity index (χ4v) is 3.98. The van der Waals surface area contributed by atoms with E-state index in [9.17, 15) is 9.59 Å². The summed E-state index contributed by atoms with van der Waals surface area (Å²) in [5, 5.41) is 0. The summed E-state index contributed by atoms with van der Waals surface area (Å²) in [5.41, 5.74) is 0.0905. The molecule has 2 fully saturated rings. The minimum atomic E-state index is -0.463. The first-order chi connectivity index (χ1) is 9.34. The van der Waals surface area contributed by atoms with Crippen molar-refractivity contribution in [3.63, 3.8) is 0 Å². The molecule has 2 aliphatic rings. The van der Waals surface area contributed by atoms with E-state index in [0.29, 0.717) is 11.5 Å². The Kier molecular flexibility index (Phi) is 2.82. The van der Waals surface area contributed by atoms with Crippen molar-refractivity contribution in [1.29, 1.82) is 0 Å². The van der Waals surface area contributed by atoms with Crippen LogP contribution in [0, 0.1) is 16.7 Å². The lowest BCUT2D eigenvalue weighted by atomic mass is 9.70. The van der Waals surface area contributed by atoms with Gasteiger partial charge in [0, 0.05) is 11.5 Å². The van der Waals surface area contributed by atoms with E-state index in [1.807, 2.05) is 0 Å². The summed E-state index contributed by atoms with van der Waals surface area (Å²) in [4.78, 5) is 23.1. The van der Waals surface area contributed by atoms with E-state index < -0.39 is 11.6 Å². The molecule has 2 saturated carbocycles. The van der Waals surface area contributed by atoms with Crippen molar-refractivity contribution in [2.24, 2.45) is 16.7 Å². The standard InChI is InChI=1S/C16H20O4/c1-15(2)11-6-7-16(15,3)12(8-11)20-14(18)10-4-5-13(17)19-9-10/h4-5,9,11-12H,6-8H2,1-3H3. The largest absolute Gasteiger partial charge is 0.458 e. The van der Waals surface area contributed by atoms with Gasteiger partial charge in [0.15, 0.2) is 0 Å². The van der Waals surface area contributed by atoms with Gasteiger partial charge in [0.05, 0.1) is 5.56 Å². The second-order valence-electron chi connectivity index (χ2n) is 6.85. The maximum absolute atomic E-state index is 12.2. The van der Waals surface area contributed by atoms with E-state index in [-0.39, 0.29) is 16.9 Å². The first kappa shape index (κ1) is 13.4. The molecule has 3 unspecified atom stereocenters. The van der Waals surface area contributed by atoms with Crippen LogP contribution in [-0.2, 0) is 4.74 Å². The van der Waals surface area contributed by atoms with Crippen molar-refractivity contribution in [3.8, 4) is 0 Å². The Morgan fingerprint density at radius 1 is 1.35 bits per heavy atom. The Morgan fingerprint density at radius 3 is 2.60 bits per heavy atom. The molecule has 1 aromatic heterocycles. The first-order valence-corrected chi connectivity index (χ1v) is 7.14. The smallest absolute Gasteiger partial charge is 0.341 e. The van der Waals surface area contributed by atoms with E-state index in [1.165, 1.54) is 24.8 Å². The lowest BCUT2D eigenvalue weighted by Crippen LogP contribution is -2.38. The van der Waals surface area contributed by atoms with Gasteiger partial charge in [0.25, 0.3) is 0 Å². The van der Waals surface area contributed by atoms with Crippen molar-refractivity contribution in [2.45, 2.75) is 46.1 Å². The molecule has 0 aromatic carbocycles. The predicted molar refractivity (Wildman–Crippen MR) is 73.4 cm³/mol. The summed E-state index contributed by atoms with van der Waals surface area (Å²) < 4.78 is 10.4. The highest BCUT2D eigenvalue weighted by molar-refractivity contribution is 5.88. The highest BCUT2D eigenvalue weighted by Crippen LogP contribution is 2.66. The molecular weight excluding hydrogens is 256 g/mol. The molecule has 4 heteroatoms. The molecule has 1 heterocycles. The first-order valence-electron chi connectivity index (χ1n) is 7.14. The average molecular weight is 276 g/mol. The molecule has 0 saturated heterocycles. The Labute approximate surface area is 118 Å². The fourth-order valence-electron chi connectivity index (χ4n) is 3.98. The van der Waals surface area contributed by atoms with Gasteiger partial charge in [-0.3, -0.25) is 0 Å². The third kappa shape index (κ3) is 1.74. The molecule has 0 spiro atoms. The molecular formula is C16H20O4. The number of ether oxygens (including phenoxy) is 1. The Balaban J connectivity index is 1.78. The molecule has 20 heavy (non-hydrogen) atoms. The maximum Gasteiger partial charge on any atom is 0.341 e. The van der Waals surface area contributed by atoms with Crippen LogP contribution in [0.4, 0.5) is 0 Å². The van der Waals surface area contributed by atoms with Crippen LogP contribution in [0.5, 0.6) is 0 Å². The van der Waals surface area contributed by atoms with Crippen LogP contribution in [0.1, 0.15) is 50.4 Å². The second-order valence-corrected chi connectivity index (χ2v) is 6.85. The van der Waals surface area contributed by atoms with Crippen LogP contribution >= 0.6 is 0 Å². The molecule has 3 atom stereocenters. The maximum atomic E-state index is 12.2. The Bertz CT molecular complexity index is 580. The highest BCUT2D eigenvalue weighted by Gasteiger charge is 2.62. The van der Waals surface area contributed by atoms with E-state index in [1.54, 1.807) is 0 Å². The molecule has 108 valence electrons. The minimum absolute atomic E-state index is 0.0446. The van der Waals surface area contributed by atoms with Crippen molar-refractivity contribution in [2.75, 3.05) is 0 Å². The fraction of sp³-hybridized carbons (Fsp3) is 0.625. The van der Waals surface area contributed by atoms with Crippen LogP contribution in [0.2, 0.25) is 0 Å². The van der Waals surface area contributed by atoms with Crippen molar-refractivity contribution < 1.29 is 13.9 Å². The monoisotopic (exact) mass is 276 g/mol. The second kappa shape index (κ2) is 4.21. The number of carbonyl (C=O) groups excluding carboxylic acids is 1. The molecule has 2 aliphatic carbocycles. The number of fused-ring (bicyclic) bond motifs is 2. The van der Waals surface area contributed by atoms with Crippen molar-refractivity contribution >= 4 is 5.97 Å². The van der Waals surface area contributed by atoms with Crippen LogP contribution < -0.4 is 5.63 Å². The van der Waals surface area contributed by atoms with Gasteiger partial charge in [-0.05, 0) is 36.7 Å². The zero-order valence-corrected chi connectivity index (χ0v) is 12.1. The molecule has 4 nitrogen and oxygen atoms in total. The van der Waals surface area contributed by atoms with Gasteiger partial charge < -0.3 is 9.15 Å². The van der Waals surface area contributed by atoms with Crippen molar-refractivity contribution in [3.05, 3.63) is 34.4 Å². The summed E-state index contributed by atoms with van der Waals surface area (Å²) >= 11 is 0. The average Bonchev–Trinajstić information content (AvgIpc) is 2.72. The number of esters is 1. The van der Waals surface area contributed by atoms with Gasteiger partial charge in [-0.25, -0.2) is 9.59 Å². The molecule has 0 amide bonds. The van der Waals surface area contributed by atoms with Crippen LogP contribution in [0.25, 0.3) is 0 Å². The van der Waals surface area contributed by atoms with Gasteiger partial charge in [0.1, 0.15) is 12.4 Å². The van der Waals surface area contributed by atoms with Gasteiger partial charge in [-0.2, -0.15) is 0 Å². The predicted octanol–water partition coefficient (Wildman–Crippen LogP) is 3.01. The molecule has 0 radical (unpaired) electrons. The highest BCUT2D eigenvalue weighted by atomic mass is 16.5. The summed E-state index contributed by atoms with van der Waals surface area (Å²) in [5.74, 6) is 0.224. The minimum Gasteiger partial charge on any atom is -0.458 e. The van der Waals surface area contributed by atoms with Gasteiger partial charge in [-0.15, -0.1) is 0 Å². The number of hydrogen-bond acceptors (Lipinski definition) is 4. The zero-order valence-electron chi connectivity index (χ0n) is 12.1. The lowest BCUT2D eigenvalue weighted by Gasteiger charge is -2.38. The molecule has 0 N–H and O–H groups in total. The topological polar surface area (TPSA) is 56.5 Å². The summed E-state index contributed by atoms with van der Waals surface area (Å²) in [6, 6.07) is 2.69. The Hall–Kier alpha value is -1.58. The number of carbonyl (C=O) groups is 1. The summed E-state index contributed by atoms with van der Waals surface area (Å²) in [6.07, 6.45) is 4.39. The van der Waals surface area contributed by atoms with Gasteiger partial charge >= 0.3 is 11.6 Å². The SMILES string of the molecule is CC1(C)C2CCC1(C)C(OC(=O)c1ccc(=O)oc1)C2. The molecule has 3 rings (SSSR count). The normalized spacial score (nSPS) is 34.1. The third-order valence-corrected chi connectivity index (χ3v) is 5.90. The molecule has 2 bridgehead atoms. The van der Waals surface area contributed by atoms with Gasteiger partial charge in [0.2, 0.25) is 0 Å². The summed E-state index contributed by atoms with van der Waals surface area (Å²) in [7, 11) is 0. The molecule has 1 aromatic rings. The van der Waals surface area contributed by atoms with E-state index in [4.69, 9.17) is 9.15 Å². The number of hydrogen-bond donors (Lipinski definition) is 0. The van der Waals surface area contributed by atoms with Crippen LogP contribution in [0.3, 0.4) is 0 Å². The molecule has 0 aliphatic heterocycles. The zero-order chi connectivity index (χ0) is 14.5. The quantitative estimate of drug-likeness (QED) is 0.779. The van der Waals surface area contributed by atoms with Crippen LogP contribution in [-0.4, -0.2) is 12.1 Å². The van der Waals surface area contributed by atoms with Crippen molar-refractivity contribution in [1.82, 2.24) is 0 Å². The van der Waals surface area contributed by atoms with Gasteiger partial charge in [-0.1, -0.05) is 20.8 Å². The van der Waals surface area contributed by atoms with E-state index in [0.717, 1.165) is 12.8 Å². The lowest BCUT2D eigenvalue weighted by molar-refractivity contribution is -0.0244. The van der Waals surface area contributed by atoms with E-state index >= 15 is 0 Å².